The van der Waals surface area contributed by atoms with Crippen molar-refractivity contribution in [3.05, 3.63) is 59.8 Å². The van der Waals surface area contributed by atoms with Crippen molar-refractivity contribution >= 4 is 11.7 Å². The Morgan fingerprint density at radius 2 is 2.11 bits per heavy atom. The monoisotopic (exact) mass is 362 g/mol. The summed E-state index contributed by atoms with van der Waals surface area (Å²) in [7, 11) is 0. The number of hydrogen-bond acceptors (Lipinski definition) is 5. The number of aromatic nitrogens is 2. The number of nitriles is 1. The summed E-state index contributed by atoms with van der Waals surface area (Å²) >= 11 is 0. The van der Waals surface area contributed by atoms with E-state index in [0.717, 1.165) is 11.3 Å². The van der Waals surface area contributed by atoms with E-state index < -0.39 is 17.8 Å². The maximum absolute atomic E-state index is 12.8. The SMILES string of the molecule is CC1=NC(C)=C(C(=O)OC(C)C)C(c2cccc(-n3ccnc3)c2)C1C#N. The molecule has 27 heavy (non-hydrogen) atoms. The first-order valence-electron chi connectivity index (χ1n) is 8.87. The molecule has 0 spiro atoms. The van der Waals surface area contributed by atoms with E-state index in [1.165, 1.54) is 0 Å². The minimum absolute atomic E-state index is 0.247. The lowest BCUT2D eigenvalue weighted by molar-refractivity contribution is -0.143. The number of rotatable bonds is 4. The summed E-state index contributed by atoms with van der Waals surface area (Å²) in [5.41, 5.74) is 3.54. The van der Waals surface area contributed by atoms with Gasteiger partial charge in [0, 0.05) is 35.4 Å². The zero-order chi connectivity index (χ0) is 19.6. The van der Waals surface area contributed by atoms with Crippen LogP contribution in [0.25, 0.3) is 5.69 Å². The number of hydrogen-bond donors (Lipinski definition) is 0. The van der Waals surface area contributed by atoms with Gasteiger partial charge in [-0.3, -0.25) is 4.99 Å². The minimum Gasteiger partial charge on any atom is -0.460 e. The number of carbonyl (C=O) groups excluding carboxylic acids is 1. The molecule has 1 aliphatic rings. The number of allylic oxidation sites excluding steroid dienone is 1. The number of aliphatic imine (C=N–C) groups is 1. The molecule has 0 saturated heterocycles. The summed E-state index contributed by atoms with van der Waals surface area (Å²) in [5.74, 6) is -1.37. The van der Waals surface area contributed by atoms with Gasteiger partial charge in [0.1, 0.15) is 0 Å². The lowest BCUT2D eigenvalue weighted by atomic mass is 9.76. The van der Waals surface area contributed by atoms with Crippen LogP contribution in [0.3, 0.4) is 0 Å². The van der Waals surface area contributed by atoms with Crippen LogP contribution in [0.1, 0.15) is 39.2 Å². The third-order valence-corrected chi connectivity index (χ3v) is 4.56. The number of benzene rings is 1. The summed E-state index contributed by atoms with van der Waals surface area (Å²) in [6.45, 7) is 7.23. The zero-order valence-electron chi connectivity index (χ0n) is 15.9. The maximum atomic E-state index is 12.8. The van der Waals surface area contributed by atoms with Crippen molar-refractivity contribution in [3.8, 4) is 11.8 Å². The number of ether oxygens (including phenoxy) is 1. The van der Waals surface area contributed by atoms with Crippen molar-refractivity contribution in [2.45, 2.75) is 39.7 Å². The predicted octanol–water partition coefficient (Wildman–Crippen LogP) is 3.80. The molecule has 138 valence electrons. The van der Waals surface area contributed by atoms with Gasteiger partial charge in [-0.2, -0.15) is 5.26 Å². The number of imidazole rings is 1. The van der Waals surface area contributed by atoms with Crippen molar-refractivity contribution in [2.75, 3.05) is 0 Å². The van der Waals surface area contributed by atoms with Gasteiger partial charge in [-0.25, -0.2) is 9.78 Å². The highest BCUT2D eigenvalue weighted by Gasteiger charge is 2.38. The smallest absolute Gasteiger partial charge is 0.336 e. The molecule has 6 nitrogen and oxygen atoms in total. The molecule has 0 radical (unpaired) electrons. The molecule has 1 aromatic heterocycles. The summed E-state index contributed by atoms with van der Waals surface area (Å²) in [6, 6.07) is 10.1. The van der Waals surface area contributed by atoms with Crippen molar-refractivity contribution in [2.24, 2.45) is 10.9 Å². The topological polar surface area (TPSA) is 80.3 Å². The summed E-state index contributed by atoms with van der Waals surface area (Å²) in [6.07, 6.45) is 5.02. The Morgan fingerprint density at radius 3 is 2.74 bits per heavy atom. The Labute approximate surface area is 158 Å². The molecule has 2 heterocycles. The average Bonchev–Trinajstić information content (AvgIpc) is 3.15. The number of nitrogens with zero attached hydrogens (tertiary/aromatic N) is 4. The van der Waals surface area contributed by atoms with Gasteiger partial charge in [0.2, 0.25) is 0 Å². The van der Waals surface area contributed by atoms with Gasteiger partial charge in [0.15, 0.2) is 0 Å². The van der Waals surface area contributed by atoms with Crippen LogP contribution in [0.5, 0.6) is 0 Å². The molecular formula is C21H22N4O2. The summed E-state index contributed by atoms with van der Waals surface area (Å²) < 4.78 is 7.34. The van der Waals surface area contributed by atoms with E-state index >= 15 is 0 Å². The van der Waals surface area contributed by atoms with Gasteiger partial charge in [0.05, 0.1) is 30.0 Å². The fraction of sp³-hybridized carbons (Fsp3) is 0.333. The molecule has 3 rings (SSSR count). The fourth-order valence-corrected chi connectivity index (χ4v) is 3.40. The van der Waals surface area contributed by atoms with Crippen molar-refractivity contribution in [1.82, 2.24) is 9.55 Å². The van der Waals surface area contributed by atoms with Crippen LogP contribution in [-0.2, 0) is 9.53 Å². The van der Waals surface area contributed by atoms with Crippen LogP contribution in [-0.4, -0.2) is 27.3 Å². The van der Waals surface area contributed by atoms with E-state index in [1.54, 1.807) is 19.4 Å². The van der Waals surface area contributed by atoms with E-state index in [4.69, 9.17) is 4.74 Å². The predicted molar refractivity (Wildman–Crippen MR) is 102 cm³/mol. The first-order valence-corrected chi connectivity index (χ1v) is 8.87. The van der Waals surface area contributed by atoms with Crippen LogP contribution >= 0.6 is 0 Å². The van der Waals surface area contributed by atoms with E-state index in [9.17, 15) is 10.1 Å². The van der Waals surface area contributed by atoms with Gasteiger partial charge in [0.25, 0.3) is 0 Å². The van der Waals surface area contributed by atoms with Crippen LogP contribution in [0.4, 0.5) is 0 Å². The Morgan fingerprint density at radius 1 is 1.33 bits per heavy atom. The Bertz CT molecular complexity index is 949. The third-order valence-electron chi connectivity index (χ3n) is 4.56. The van der Waals surface area contributed by atoms with Gasteiger partial charge in [-0.1, -0.05) is 12.1 Å². The van der Waals surface area contributed by atoms with Crippen molar-refractivity contribution < 1.29 is 9.53 Å². The lowest BCUT2D eigenvalue weighted by Crippen LogP contribution is -2.30. The van der Waals surface area contributed by atoms with Gasteiger partial charge in [-0.15, -0.1) is 0 Å². The molecule has 0 saturated carbocycles. The first kappa shape index (κ1) is 18.6. The first-order chi connectivity index (χ1) is 12.9. The molecule has 0 bridgehead atoms. The normalized spacial score (nSPS) is 19.6. The van der Waals surface area contributed by atoms with Gasteiger partial charge in [-0.05, 0) is 45.4 Å². The number of carbonyl (C=O) groups is 1. The second kappa shape index (κ2) is 7.58. The molecule has 0 fully saturated rings. The second-order valence-corrected chi connectivity index (χ2v) is 6.86. The molecule has 0 aliphatic carbocycles. The maximum Gasteiger partial charge on any atom is 0.336 e. The molecule has 0 N–H and O–H groups in total. The number of esters is 1. The fourth-order valence-electron chi connectivity index (χ4n) is 3.40. The van der Waals surface area contributed by atoms with Gasteiger partial charge < -0.3 is 9.30 Å². The molecule has 2 aromatic rings. The molecule has 2 atom stereocenters. The van der Waals surface area contributed by atoms with Crippen LogP contribution in [0, 0.1) is 17.2 Å². The van der Waals surface area contributed by atoms with Crippen LogP contribution in [0.2, 0.25) is 0 Å². The third kappa shape index (κ3) is 3.68. The average molecular weight is 362 g/mol. The van der Waals surface area contributed by atoms with E-state index in [2.05, 4.69) is 16.0 Å². The Hall–Kier alpha value is -3.20. The largest absolute Gasteiger partial charge is 0.460 e. The quantitative estimate of drug-likeness (QED) is 0.775. The van der Waals surface area contributed by atoms with E-state index in [-0.39, 0.29) is 6.10 Å². The van der Waals surface area contributed by atoms with Gasteiger partial charge >= 0.3 is 5.97 Å². The zero-order valence-corrected chi connectivity index (χ0v) is 15.9. The molecule has 6 heteroatoms. The van der Waals surface area contributed by atoms with Crippen molar-refractivity contribution in [3.63, 3.8) is 0 Å². The molecule has 2 unspecified atom stereocenters. The summed E-state index contributed by atoms with van der Waals surface area (Å²) in [5, 5.41) is 9.79. The highest BCUT2D eigenvalue weighted by Crippen LogP contribution is 2.39. The highest BCUT2D eigenvalue weighted by atomic mass is 16.5. The lowest BCUT2D eigenvalue weighted by Gasteiger charge is -2.29. The van der Waals surface area contributed by atoms with E-state index in [0.29, 0.717) is 17.0 Å². The van der Waals surface area contributed by atoms with Crippen LogP contribution in [0.15, 0.2) is 59.2 Å². The Balaban J connectivity index is 2.12. The standard InChI is InChI=1S/C21H22N4O2/c1-13(2)27-21(26)19-15(4)24-14(3)18(11-22)20(19)16-6-5-7-17(10-16)25-9-8-23-12-25/h5-10,12-13,18,20H,1-4H3. The molecule has 1 aliphatic heterocycles. The second-order valence-electron chi connectivity index (χ2n) is 6.86. The minimum atomic E-state index is -0.526. The molecular weight excluding hydrogens is 340 g/mol. The Kier molecular flexibility index (Phi) is 5.22. The highest BCUT2D eigenvalue weighted by molar-refractivity contribution is 5.98. The van der Waals surface area contributed by atoms with Crippen molar-refractivity contribution in [1.29, 1.82) is 5.26 Å². The van der Waals surface area contributed by atoms with E-state index in [1.807, 2.05) is 55.8 Å². The molecule has 1 aromatic carbocycles. The van der Waals surface area contributed by atoms with Crippen LogP contribution < -0.4 is 0 Å². The molecule has 0 amide bonds. The summed E-state index contributed by atoms with van der Waals surface area (Å²) in [4.78, 5) is 21.3.